The molecule has 1 saturated heterocycles. The third-order valence-electron chi connectivity index (χ3n) is 4.37. The quantitative estimate of drug-likeness (QED) is 0.626. The summed E-state index contributed by atoms with van der Waals surface area (Å²) >= 11 is 0. The van der Waals surface area contributed by atoms with E-state index in [0.29, 0.717) is 31.3 Å². The van der Waals surface area contributed by atoms with Crippen LogP contribution < -0.4 is 31.5 Å². The maximum atomic E-state index is 12.2. The van der Waals surface area contributed by atoms with E-state index in [4.69, 9.17) is 5.73 Å². The van der Waals surface area contributed by atoms with Gasteiger partial charge in [-0.1, -0.05) is 12.1 Å². The third-order valence-corrected chi connectivity index (χ3v) is 4.37. The molecule has 4 N–H and O–H groups in total. The zero-order valence-electron chi connectivity index (χ0n) is 12.7. The smallest absolute Gasteiger partial charge is 0.278 e. The number of benzene rings is 1. The molecule has 0 saturated carbocycles. The average Bonchev–Trinajstić information content (AvgIpc) is 2.98. The highest BCUT2D eigenvalue weighted by molar-refractivity contribution is 5.86. The standard InChI is InChI=1S/C15H16N6O3/c16-15-18-12-11(13(22)19-15)21-7-20(6-10(21)5-17-12)9-3-1-8(2-4-9)14(23)24/h1-4,10H,5-7H2,(H,23,24)(H4,16,17,18,19,22)/p-1/t10-/m1/s1. The molecule has 1 fully saturated rings. The van der Waals surface area contributed by atoms with Gasteiger partial charge in [0, 0.05) is 18.8 Å². The number of aromatic carboxylic acids is 1. The molecule has 9 heteroatoms. The normalized spacial score (nSPS) is 18.8. The van der Waals surface area contributed by atoms with Gasteiger partial charge in [-0.15, -0.1) is 0 Å². The van der Waals surface area contributed by atoms with E-state index in [-0.39, 0.29) is 23.1 Å². The van der Waals surface area contributed by atoms with Crippen molar-refractivity contribution in [3.8, 4) is 0 Å². The van der Waals surface area contributed by atoms with Gasteiger partial charge in [-0.2, -0.15) is 4.98 Å². The molecule has 1 atom stereocenters. The Morgan fingerprint density at radius 3 is 2.79 bits per heavy atom. The van der Waals surface area contributed by atoms with E-state index >= 15 is 0 Å². The fourth-order valence-corrected chi connectivity index (χ4v) is 3.22. The minimum Gasteiger partial charge on any atom is -0.545 e. The number of hydrogen-bond donors (Lipinski definition) is 3. The molecule has 24 heavy (non-hydrogen) atoms. The highest BCUT2D eigenvalue weighted by Crippen LogP contribution is 2.32. The molecule has 2 aromatic rings. The van der Waals surface area contributed by atoms with Gasteiger partial charge in [0.25, 0.3) is 5.56 Å². The van der Waals surface area contributed by atoms with Crippen LogP contribution in [0.1, 0.15) is 10.4 Å². The van der Waals surface area contributed by atoms with Crippen molar-refractivity contribution < 1.29 is 9.90 Å². The van der Waals surface area contributed by atoms with Gasteiger partial charge in [-0.25, -0.2) is 0 Å². The largest absolute Gasteiger partial charge is 0.545 e. The zero-order chi connectivity index (χ0) is 16.8. The maximum absolute atomic E-state index is 12.2. The van der Waals surface area contributed by atoms with E-state index in [9.17, 15) is 14.7 Å². The molecule has 9 nitrogen and oxygen atoms in total. The van der Waals surface area contributed by atoms with Crippen LogP contribution in [-0.2, 0) is 0 Å². The number of rotatable bonds is 2. The van der Waals surface area contributed by atoms with Crippen molar-refractivity contribution >= 4 is 29.1 Å². The molecule has 3 heterocycles. The number of aromatic amines is 1. The van der Waals surface area contributed by atoms with E-state index in [1.54, 1.807) is 12.1 Å². The van der Waals surface area contributed by atoms with Crippen LogP contribution in [0, 0.1) is 0 Å². The molecular weight excluding hydrogens is 312 g/mol. The predicted octanol–water partition coefficient (Wildman–Crippen LogP) is -1.21. The lowest BCUT2D eigenvalue weighted by atomic mass is 10.2. The van der Waals surface area contributed by atoms with Crippen LogP contribution in [0.4, 0.5) is 23.1 Å². The number of fused-ring (bicyclic) bond motifs is 3. The van der Waals surface area contributed by atoms with Crippen LogP contribution in [0.2, 0.25) is 0 Å². The Balaban J connectivity index is 1.64. The Morgan fingerprint density at radius 2 is 2.08 bits per heavy atom. The van der Waals surface area contributed by atoms with Gasteiger partial charge in [0.2, 0.25) is 5.95 Å². The lowest BCUT2D eigenvalue weighted by molar-refractivity contribution is -0.255. The summed E-state index contributed by atoms with van der Waals surface area (Å²) in [5.41, 5.74) is 6.82. The summed E-state index contributed by atoms with van der Waals surface area (Å²) in [6.45, 7) is 1.87. The molecule has 0 radical (unpaired) electrons. The minimum absolute atomic E-state index is 0.0821. The fraction of sp³-hybridized carbons (Fsp3) is 0.267. The molecule has 4 rings (SSSR count). The number of carboxylic acid groups (broad SMARTS) is 1. The van der Waals surface area contributed by atoms with Crippen molar-refractivity contribution in [3.05, 3.63) is 40.2 Å². The summed E-state index contributed by atoms with van der Waals surface area (Å²) in [5, 5.41) is 14.0. The molecule has 0 bridgehead atoms. The monoisotopic (exact) mass is 327 g/mol. The summed E-state index contributed by atoms with van der Waals surface area (Å²) in [6, 6.07) is 6.63. The number of nitrogen functional groups attached to an aromatic ring is 1. The number of carboxylic acids is 1. The molecule has 0 amide bonds. The number of aromatic nitrogens is 2. The molecular formula is C15H15N6O3-. The van der Waals surface area contributed by atoms with E-state index in [1.165, 1.54) is 12.1 Å². The highest BCUT2D eigenvalue weighted by Gasteiger charge is 2.37. The first-order chi connectivity index (χ1) is 11.5. The second-order valence-electron chi connectivity index (χ2n) is 5.85. The van der Waals surface area contributed by atoms with Gasteiger partial charge in [0.15, 0.2) is 5.82 Å². The van der Waals surface area contributed by atoms with E-state index < -0.39 is 5.97 Å². The van der Waals surface area contributed by atoms with Crippen molar-refractivity contribution in [2.45, 2.75) is 6.04 Å². The topological polar surface area (TPSA) is 130 Å². The number of carbonyl (C=O) groups excluding carboxylic acids is 1. The van der Waals surface area contributed by atoms with E-state index in [2.05, 4.69) is 20.2 Å². The number of carbonyl (C=O) groups is 1. The first-order valence-electron chi connectivity index (χ1n) is 7.49. The highest BCUT2D eigenvalue weighted by atomic mass is 16.4. The predicted molar refractivity (Wildman–Crippen MR) is 87.0 cm³/mol. The molecule has 2 aliphatic heterocycles. The first-order valence-corrected chi connectivity index (χ1v) is 7.49. The SMILES string of the molecule is Nc1nc2c(c(=O)[nH]1)N1CN(c3ccc(C(=O)[O-])cc3)C[C@H]1CN2. The summed E-state index contributed by atoms with van der Waals surface area (Å²) in [5.74, 6) is -0.631. The van der Waals surface area contributed by atoms with Gasteiger partial charge in [-0.05, 0) is 17.7 Å². The van der Waals surface area contributed by atoms with Crippen LogP contribution in [0.25, 0.3) is 0 Å². The Kier molecular flexibility index (Phi) is 3.08. The summed E-state index contributed by atoms with van der Waals surface area (Å²) < 4.78 is 0. The van der Waals surface area contributed by atoms with Gasteiger partial charge in [0.1, 0.15) is 5.69 Å². The zero-order valence-corrected chi connectivity index (χ0v) is 12.7. The van der Waals surface area contributed by atoms with Crippen LogP contribution >= 0.6 is 0 Å². The summed E-state index contributed by atoms with van der Waals surface area (Å²) in [6.07, 6.45) is 0. The number of nitrogens with zero attached hydrogens (tertiary/aromatic N) is 3. The Morgan fingerprint density at radius 1 is 1.33 bits per heavy atom. The molecule has 1 aromatic heterocycles. The van der Waals surface area contributed by atoms with Crippen LogP contribution in [-0.4, -0.2) is 41.7 Å². The van der Waals surface area contributed by atoms with E-state index in [0.717, 1.165) is 5.69 Å². The number of anilines is 4. The van der Waals surface area contributed by atoms with Gasteiger partial charge in [-0.3, -0.25) is 9.78 Å². The maximum Gasteiger partial charge on any atom is 0.278 e. The van der Waals surface area contributed by atoms with Crippen molar-refractivity contribution in [3.63, 3.8) is 0 Å². The third kappa shape index (κ3) is 2.21. The van der Waals surface area contributed by atoms with Gasteiger partial charge >= 0.3 is 0 Å². The number of nitrogens with two attached hydrogens (primary N) is 1. The fourth-order valence-electron chi connectivity index (χ4n) is 3.22. The van der Waals surface area contributed by atoms with Crippen molar-refractivity contribution in [2.75, 3.05) is 40.6 Å². The number of H-pyrrole nitrogens is 1. The summed E-state index contributed by atoms with van der Waals surface area (Å²) in [7, 11) is 0. The number of hydrogen-bond acceptors (Lipinski definition) is 8. The Hall–Kier alpha value is -3.23. The van der Waals surface area contributed by atoms with E-state index in [1.807, 2.05) is 4.90 Å². The lowest BCUT2D eigenvalue weighted by Gasteiger charge is -2.31. The molecule has 0 aliphatic carbocycles. The molecule has 0 unspecified atom stereocenters. The molecule has 124 valence electrons. The lowest BCUT2D eigenvalue weighted by Crippen LogP contribution is -2.44. The van der Waals surface area contributed by atoms with Gasteiger partial charge in [0.05, 0.1) is 18.7 Å². The van der Waals surface area contributed by atoms with Crippen LogP contribution in [0.15, 0.2) is 29.1 Å². The molecule has 1 aromatic carbocycles. The van der Waals surface area contributed by atoms with Crippen molar-refractivity contribution in [1.29, 1.82) is 0 Å². The summed E-state index contributed by atoms with van der Waals surface area (Å²) in [4.78, 5) is 33.8. The first kappa shape index (κ1) is 14.4. The Labute approximate surface area is 136 Å². The molecule has 0 spiro atoms. The second kappa shape index (κ2) is 5.15. The van der Waals surface area contributed by atoms with Gasteiger partial charge < -0.3 is 30.8 Å². The van der Waals surface area contributed by atoms with Crippen LogP contribution in [0.5, 0.6) is 0 Å². The van der Waals surface area contributed by atoms with Crippen molar-refractivity contribution in [2.24, 2.45) is 0 Å². The van der Waals surface area contributed by atoms with Crippen molar-refractivity contribution in [1.82, 2.24) is 9.97 Å². The Bertz CT molecular complexity index is 863. The minimum atomic E-state index is -1.20. The molecule has 2 aliphatic rings. The van der Waals surface area contributed by atoms with Crippen LogP contribution in [0.3, 0.4) is 0 Å². The second-order valence-corrected chi connectivity index (χ2v) is 5.85. The average molecular weight is 327 g/mol. The number of nitrogens with one attached hydrogen (secondary N) is 2.